The molecule has 1 heterocycles. The number of phenolic OH excluding ortho intramolecular Hbond substituents is 1. The highest BCUT2D eigenvalue weighted by atomic mass is 32.2. The smallest absolute Gasteiger partial charge is 0.133 e. The maximum Gasteiger partial charge on any atom is 0.133 e. The van der Waals surface area contributed by atoms with Crippen molar-refractivity contribution in [2.24, 2.45) is 0 Å². The van der Waals surface area contributed by atoms with E-state index >= 15 is 0 Å². The SMILES string of the molecule is CSCCCNc1nccc2ccc(O)cc12. The van der Waals surface area contributed by atoms with E-state index in [1.165, 1.54) is 0 Å². The lowest BCUT2D eigenvalue weighted by Crippen LogP contribution is -2.04. The first-order chi connectivity index (χ1) is 8.31. The van der Waals surface area contributed by atoms with E-state index in [1.807, 2.05) is 23.9 Å². The molecule has 0 fully saturated rings. The van der Waals surface area contributed by atoms with E-state index in [1.54, 1.807) is 18.3 Å². The van der Waals surface area contributed by atoms with E-state index in [-0.39, 0.29) is 5.75 Å². The Labute approximate surface area is 105 Å². The summed E-state index contributed by atoms with van der Waals surface area (Å²) in [6.45, 7) is 0.905. The fourth-order valence-electron chi connectivity index (χ4n) is 1.72. The van der Waals surface area contributed by atoms with Crippen molar-refractivity contribution in [3.05, 3.63) is 30.5 Å². The van der Waals surface area contributed by atoms with Gasteiger partial charge in [-0.3, -0.25) is 0 Å². The fourth-order valence-corrected chi connectivity index (χ4v) is 2.15. The molecule has 0 aliphatic rings. The Morgan fingerprint density at radius 2 is 2.24 bits per heavy atom. The molecular formula is C13H16N2OS. The van der Waals surface area contributed by atoms with Crippen LogP contribution in [0.2, 0.25) is 0 Å². The highest BCUT2D eigenvalue weighted by Gasteiger charge is 2.02. The summed E-state index contributed by atoms with van der Waals surface area (Å²) in [5.41, 5.74) is 0. The maximum atomic E-state index is 9.51. The van der Waals surface area contributed by atoms with Crippen molar-refractivity contribution < 1.29 is 5.11 Å². The molecule has 0 radical (unpaired) electrons. The second-order valence-electron chi connectivity index (χ2n) is 3.84. The molecule has 0 saturated heterocycles. The van der Waals surface area contributed by atoms with Gasteiger partial charge in [0.05, 0.1) is 0 Å². The fraction of sp³-hybridized carbons (Fsp3) is 0.308. The Balaban J connectivity index is 2.18. The number of benzene rings is 1. The molecule has 0 bridgehead atoms. The highest BCUT2D eigenvalue weighted by molar-refractivity contribution is 7.98. The summed E-state index contributed by atoms with van der Waals surface area (Å²) in [5, 5.41) is 14.9. The zero-order valence-corrected chi connectivity index (χ0v) is 10.6. The molecule has 2 N–H and O–H groups in total. The molecule has 0 amide bonds. The Hall–Kier alpha value is -1.42. The van der Waals surface area contributed by atoms with Crippen LogP contribution in [0.5, 0.6) is 5.75 Å². The van der Waals surface area contributed by atoms with Crippen LogP contribution in [0.1, 0.15) is 6.42 Å². The van der Waals surface area contributed by atoms with Crippen LogP contribution in [0.25, 0.3) is 10.8 Å². The van der Waals surface area contributed by atoms with Gasteiger partial charge in [0, 0.05) is 18.1 Å². The van der Waals surface area contributed by atoms with Gasteiger partial charge in [0.2, 0.25) is 0 Å². The second-order valence-corrected chi connectivity index (χ2v) is 4.82. The minimum atomic E-state index is 0.276. The summed E-state index contributed by atoms with van der Waals surface area (Å²) in [5.74, 6) is 2.26. The number of aromatic nitrogens is 1. The molecule has 0 aliphatic heterocycles. The molecule has 1 aromatic carbocycles. The zero-order chi connectivity index (χ0) is 12.1. The van der Waals surface area contributed by atoms with Crippen LogP contribution < -0.4 is 5.32 Å². The van der Waals surface area contributed by atoms with Gasteiger partial charge in [0.15, 0.2) is 0 Å². The second kappa shape index (κ2) is 5.77. The summed E-state index contributed by atoms with van der Waals surface area (Å²) in [6, 6.07) is 7.29. The number of hydrogen-bond acceptors (Lipinski definition) is 4. The van der Waals surface area contributed by atoms with Gasteiger partial charge in [0.1, 0.15) is 11.6 Å². The minimum absolute atomic E-state index is 0.276. The first-order valence-corrected chi connectivity index (χ1v) is 7.01. The molecule has 17 heavy (non-hydrogen) atoms. The van der Waals surface area contributed by atoms with Crippen molar-refractivity contribution in [2.45, 2.75) is 6.42 Å². The van der Waals surface area contributed by atoms with Gasteiger partial charge in [-0.05, 0) is 42.0 Å². The molecular weight excluding hydrogens is 232 g/mol. The number of phenols is 1. The number of nitrogens with one attached hydrogen (secondary N) is 1. The average molecular weight is 248 g/mol. The van der Waals surface area contributed by atoms with Gasteiger partial charge in [-0.1, -0.05) is 6.07 Å². The molecule has 4 heteroatoms. The van der Waals surface area contributed by atoms with E-state index in [2.05, 4.69) is 16.6 Å². The van der Waals surface area contributed by atoms with Gasteiger partial charge in [-0.25, -0.2) is 4.98 Å². The van der Waals surface area contributed by atoms with Crippen molar-refractivity contribution in [2.75, 3.05) is 23.9 Å². The average Bonchev–Trinajstić information content (AvgIpc) is 2.35. The van der Waals surface area contributed by atoms with Crippen molar-refractivity contribution >= 4 is 28.4 Å². The summed E-state index contributed by atoms with van der Waals surface area (Å²) < 4.78 is 0. The quantitative estimate of drug-likeness (QED) is 0.798. The number of hydrogen-bond donors (Lipinski definition) is 2. The first-order valence-electron chi connectivity index (χ1n) is 5.62. The number of nitrogens with zero attached hydrogens (tertiary/aromatic N) is 1. The predicted molar refractivity (Wildman–Crippen MR) is 74.9 cm³/mol. The van der Waals surface area contributed by atoms with Gasteiger partial charge >= 0.3 is 0 Å². The zero-order valence-electron chi connectivity index (χ0n) is 9.81. The molecule has 0 unspecified atom stereocenters. The van der Waals surface area contributed by atoms with Gasteiger partial charge < -0.3 is 10.4 Å². The van der Waals surface area contributed by atoms with Crippen LogP contribution in [-0.2, 0) is 0 Å². The largest absolute Gasteiger partial charge is 0.508 e. The van der Waals surface area contributed by atoms with Gasteiger partial charge in [0.25, 0.3) is 0 Å². The molecule has 1 aromatic heterocycles. The van der Waals surface area contributed by atoms with Crippen molar-refractivity contribution in [1.29, 1.82) is 0 Å². The van der Waals surface area contributed by atoms with Crippen LogP contribution in [0.3, 0.4) is 0 Å². The summed E-state index contributed by atoms with van der Waals surface area (Å²) in [6.07, 6.45) is 5.00. The molecule has 0 aliphatic carbocycles. The standard InChI is InChI=1S/C13H16N2OS/c1-17-8-2-6-14-13-12-9-11(16)4-3-10(12)5-7-15-13/h3-5,7,9,16H,2,6,8H2,1H3,(H,14,15). The van der Waals surface area contributed by atoms with Crippen LogP contribution in [0, 0.1) is 0 Å². The topological polar surface area (TPSA) is 45.2 Å². The number of thioether (sulfide) groups is 1. The number of aromatic hydroxyl groups is 1. The van der Waals surface area contributed by atoms with Crippen LogP contribution in [-0.4, -0.2) is 28.6 Å². The third kappa shape index (κ3) is 3.03. The summed E-state index contributed by atoms with van der Waals surface area (Å²) in [4.78, 5) is 4.32. The van der Waals surface area contributed by atoms with Gasteiger partial charge in [-0.2, -0.15) is 11.8 Å². The third-order valence-electron chi connectivity index (χ3n) is 2.57. The number of rotatable bonds is 5. The normalized spacial score (nSPS) is 10.6. The van der Waals surface area contributed by atoms with E-state index < -0.39 is 0 Å². The maximum absolute atomic E-state index is 9.51. The van der Waals surface area contributed by atoms with E-state index in [0.717, 1.165) is 35.3 Å². The van der Waals surface area contributed by atoms with Crippen LogP contribution in [0.4, 0.5) is 5.82 Å². The molecule has 3 nitrogen and oxygen atoms in total. The van der Waals surface area contributed by atoms with Crippen molar-refractivity contribution in [3.8, 4) is 5.75 Å². The summed E-state index contributed by atoms with van der Waals surface area (Å²) >= 11 is 1.84. The van der Waals surface area contributed by atoms with Crippen molar-refractivity contribution in [3.63, 3.8) is 0 Å². The lowest BCUT2D eigenvalue weighted by Gasteiger charge is -2.08. The predicted octanol–water partition coefficient (Wildman–Crippen LogP) is 3.11. The molecule has 2 aromatic rings. The Kier molecular flexibility index (Phi) is 4.09. The number of fused-ring (bicyclic) bond motifs is 1. The molecule has 0 atom stereocenters. The van der Waals surface area contributed by atoms with E-state index in [9.17, 15) is 5.11 Å². The van der Waals surface area contributed by atoms with E-state index in [4.69, 9.17) is 0 Å². The highest BCUT2D eigenvalue weighted by Crippen LogP contribution is 2.24. The monoisotopic (exact) mass is 248 g/mol. The van der Waals surface area contributed by atoms with Crippen LogP contribution >= 0.6 is 11.8 Å². The Morgan fingerprint density at radius 1 is 1.35 bits per heavy atom. The lowest BCUT2D eigenvalue weighted by atomic mass is 10.1. The Morgan fingerprint density at radius 3 is 3.06 bits per heavy atom. The molecule has 90 valence electrons. The van der Waals surface area contributed by atoms with Gasteiger partial charge in [-0.15, -0.1) is 0 Å². The number of pyridine rings is 1. The Bertz CT molecular complexity index is 502. The van der Waals surface area contributed by atoms with E-state index in [0.29, 0.717) is 0 Å². The third-order valence-corrected chi connectivity index (χ3v) is 3.26. The summed E-state index contributed by atoms with van der Waals surface area (Å²) in [7, 11) is 0. The number of anilines is 1. The molecule has 0 saturated carbocycles. The minimum Gasteiger partial charge on any atom is -0.508 e. The lowest BCUT2D eigenvalue weighted by molar-refractivity contribution is 0.476. The molecule has 0 spiro atoms. The van der Waals surface area contributed by atoms with Crippen LogP contribution in [0.15, 0.2) is 30.5 Å². The molecule has 2 rings (SSSR count). The first kappa shape index (κ1) is 12.0. The van der Waals surface area contributed by atoms with Crippen molar-refractivity contribution in [1.82, 2.24) is 4.98 Å².